The molecular weight excluding hydrogens is 216 g/mol. The van der Waals surface area contributed by atoms with Gasteiger partial charge < -0.3 is 0 Å². The molecule has 0 unspecified atom stereocenters. The number of amides is 1. The van der Waals surface area contributed by atoms with Crippen LogP contribution in [0.15, 0.2) is 6.20 Å². The highest BCUT2D eigenvalue weighted by Crippen LogP contribution is 2.19. The molecule has 2 rings (SSSR count). The Morgan fingerprint density at radius 3 is 2.87 bits per heavy atom. The van der Waals surface area contributed by atoms with E-state index < -0.39 is 0 Å². The number of carbonyl (C=O) groups is 1. The van der Waals surface area contributed by atoms with Crippen LogP contribution < -0.4 is 5.43 Å². The molecule has 0 atom stereocenters. The van der Waals surface area contributed by atoms with E-state index in [0.29, 0.717) is 10.7 Å². The van der Waals surface area contributed by atoms with E-state index in [9.17, 15) is 4.79 Å². The summed E-state index contributed by atoms with van der Waals surface area (Å²) in [5.74, 6) is -0.208. The molecule has 0 spiro atoms. The van der Waals surface area contributed by atoms with Gasteiger partial charge in [-0.25, -0.2) is 5.43 Å². The summed E-state index contributed by atoms with van der Waals surface area (Å²) >= 11 is 1.42. The maximum atomic E-state index is 10.7. The summed E-state index contributed by atoms with van der Waals surface area (Å²) in [4.78, 5) is 12.0. The van der Waals surface area contributed by atoms with Crippen LogP contribution in [-0.2, 0) is 4.79 Å². The average molecular weight is 224 g/mol. The summed E-state index contributed by atoms with van der Waals surface area (Å²) in [6, 6.07) is 0. The smallest absolute Gasteiger partial charge is 0.236 e. The Morgan fingerprint density at radius 2 is 2.27 bits per heavy atom. The van der Waals surface area contributed by atoms with E-state index in [1.165, 1.54) is 23.1 Å². The molecule has 2 heterocycles. The zero-order chi connectivity index (χ0) is 10.8. The second-order valence-corrected chi connectivity index (χ2v) is 4.02. The molecule has 78 valence electrons. The van der Waals surface area contributed by atoms with E-state index in [0.717, 1.165) is 5.01 Å². The van der Waals surface area contributed by atoms with E-state index in [-0.39, 0.29) is 5.91 Å². The van der Waals surface area contributed by atoms with E-state index >= 15 is 0 Å². The molecule has 0 aromatic carbocycles. The van der Waals surface area contributed by atoms with E-state index in [1.807, 2.05) is 6.92 Å². The molecule has 2 aromatic heterocycles. The van der Waals surface area contributed by atoms with E-state index in [4.69, 9.17) is 0 Å². The lowest BCUT2D eigenvalue weighted by molar-refractivity contribution is -0.115. The lowest BCUT2D eigenvalue weighted by Crippen LogP contribution is -2.20. The van der Waals surface area contributed by atoms with Gasteiger partial charge >= 0.3 is 0 Å². The van der Waals surface area contributed by atoms with Crippen molar-refractivity contribution in [2.75, 3.05) is 5.43 Å². The van der Waals surface area contributed by atoms with Crippen molar-refractivity contribution in [3.05, 3.63) is 11.2 Å². The zero-order valence-electron chi connectivity index (χ0n) is 8.13. The van der Waals surface area contributed by atoms with Crippen LogP contribution in [0.3, 0.4) is 0 Å². The van der Waals surface area contributed by atoms with Gasteiger partial charge in [0, 0.05) is 6.92 Å². The van der Waals surface area contributed by atoms with Gasteiger partial charge in [0.2, 0.25) is 5.91 Å². The molecular formula is C7H8N6OS. The summed E-state index contributed by atoms with van der Waals surface area (Å²) in [6.45, 7) is 3.26. The van der Waals surface area contributed by atoms with Crippen LogP contribution in [0.5, 0.6) is 0 Å². The number of hydrogen-bond donors (Lipinski definition) is 1. The third kappa shape index (κ3) is 2.15. The summed E-state index contributed by atoms with van der Waals surface area (Å²) in [5, 5.41) is 16.9. The fourth-order valence-electron chi connectivity index (χ4n) is 0.978. The van der Waals surface area contributed by atoms with Crippen LogP contribution in [0.2, 0.25) is 0 Å². The molecule has 0 aliphatic heterocycles. The van der Waals surface area contributed by atoms with Crippen LogP contribution in [0.4, 0.5) is 0 Å². The van der Waals surface area contributed by atoms with Gasteiger partial charge in [-0.3, -0.25) is 4.79 Å². The number of hydrogen-bond acceptors (Lipinski definition) is 6. The molecule has 0 bridgehead atoms. The fraction of sp³-hybridized carbons (Fsp3) is 0.286. The van der Waals surface area contributed by atoms with Crippen LogP contribution >= 0.6 is 11.3 Å². The van der Waals surface area contributed by atoms with Gasteiger partial charge in [-0.1, -0.05) is 11.3 Å². The summed E-state index contributed by atoms with van der Waals surface area (Å²) in [5.41, 5.74) is 3.05. The lowest BCUT2D eigenvalue weighted by Gasteiger charge is -1.96. The molecule has 1 amide bonds. The van der Waals surface area contributed by atoms with E-state index in [1.54, 1.807) is 6.20 Å². The maximum absolute atomic E-state index is 10.7. The summed E-state index contributed by atoms with van der Waals surface area (Å²) < 4.78 is 0. The summed E-state index contributed by atoms with van der Waals surface area (Å²) in [6.07, 6.45) is 1.58. The van der Waals surface area contributed by atoms with Crippen LogP contribution in [0, 0.1) is 6.92 Å². The third-order valence-electron chi connectivity index (χ3n) is 1.51. The molecule has 7 nitrogen and oxygen atoms in total. The standard InChI is InChI=1S/C7H8N6OS/c1-4(14)11-13-3-6(9-12-13)7-10-8-5(2)15-7/h3H,1-2H3,(H,11,14). The van der Waals surface area contributed by atoms with Gasteiger partial charge in [-0.05, 0) is 12.1 Å². The van der Waals surface area contributed by atoms with Crippen molar-refractivity contribution in [1.29, 1.82) is 0 Å². The first-order valence-corrected chi connectivity index (χ1v) is 4.97. The molecule has 0 radical (unpaired) electrons. The monoisotopic (exact) mass is 224 g/mol. The van der Waals surface area contributed by atoms with Crippen molar-refractivity contribution in [1.82, 2.24) is 25.3 Å². The largest absolute Gasteiger partial charge is 0.274 e. The van der Waals surface area contributed by atoms with Crippen molar-refractivity contribution in [2.45, 2.75) is 13.8 Å². The second-order valence-electron chi connectivity index (χ2n) is 2.84. The van der Waals surface area contributed by atoms with Crippen molar-refractivity contribution < 1.29 is 4.79 Å². The Hall–Kier alpha value is -1.83. The first-order chi connectivity index (χ1) is 7.15. The van der Waals surface area contributed by atoms with Gasteiger partial charge in [0.1, 0.15) is 10.7 Å². The molecule has 1 N–H and O–H groups in total. The highest BCUT2D eigenvalue weighted by Gasteiger charge is 2.08. The third-order valence-corrected chi connectivity index (χ3v) is 2.37. The van der Waals surface area contributed by atoms with Crippen LogP contribution in [0.1, 0.15) is 11.9 Å². The second kappa shape index (κ2) is 3.73. The minimum atomic E-state index is -0.208. The number of rotatable bonds is 2. The Kier molecular flexibility index (Phi) is 2.42. The van der Waals surface area contributed by atoms with Gasteiger partial charge in [-0.2, -0.15) is 4.79 Å². The van der Waals surface area contributed by atoms with Crippen molar-refractivity contribution >= 4 is 17.2 Å². The Bertz CT molecular complexity index is 489. The molecule has 0 saturated heterocycles. The highest BCUT2D eigenvalue weighted by atomic mass is 32.1. The van der Waals surface area contributed by atoms with Gasteiger partial charge in [-0.15, -0.1) is 15.3 Å². The molecule has 8 heteroatoms. The van der Waals surface area contributed by atoms with Crippen molar-refractivity contribution in [3.63, 3.8) is 0 Å². The van der Waals surface area contributed by atoms with Crippen LogP contribution in [-0.4, -0.2) is 31.2 Å². The Morgan fingerprint density at radius 1 is 1.47 bits per heavy atom. The maximum Gasteiger partial charge on any atom is 0.236 e. The minimum absolute atomic E-state index is 0.208. The van der Waals surface area contributed by atoms with Crippen molar-refractivity contribution in [2.24, 2.45) is 0 Å². The van der Waals surface area contributed by atoms with Crippen molar-refractivity contribution in [3.8, 4) is 10.7 Å². The fourth-order valence-corrected chi connectivity index (χ4v) is 1.62. The predicted molar refractivity (Wildman–Crippen MR) is 53.7 cm³/mol. The lowest BCUT2D eigenvalue weighted by atomic mass is 10.5. The number of aryl methyl sites for hydroxylation is 1. The zero-order valence-corrected chi connectivity index (χ0v) is 8.95. The molecule has 0 aliphatic carbocycles. The predicted octanol–water partition coefficient (Wildman–Crippen LogP) is 0.195. The molecule has 0 saturated carbocycles. The number of nitrogens with one attached hydrogen (secondary N) is 1. The Labute approximate surface area is 89.1 Å². The average Bonchev–Trinajstić information content (AvgIpc) is 2.72. The number of carbonyl (C=O) groups excluding carboxylic acids is 1. The topological polar surface area (TPSA) is 85.6 Å². The highest BCUT2D eigenvalue weighted by molar-refractivity contribution is 7.14. The normalized spacial score (nSPS) is 10.3. The molecule has 0 fully saturated rings. The Balaban J connectivity index is 2.23. The first kappa shape index (κ1) is 9.71. The first-order valence-electron chi connectivity index (χ1n) is 4.15. The molecule has 0 aliphatic rings. The molecule has 15 heavy (non-hydrogen) atoms. The van der Waals surface area contributed by atoms with E-state index in [2.05, 4.69) is 25.9 Å². The quantitative estimate of drug-likeness (QED) is 0.787. The van der Waals surface area contributed by atoms with Gasteiger partial charge in [0.05, 0.1) is 6.20 Å². The SMILES string of the molecule is CC(=O)Nn1cc(-c2nnc(C)s2)nn1. The van der Waals surface area contributed by atoms with Crippen LogP contribution in [0.25, 0.3) is 10.7 Å². The minimum Gasteiger partial charge on any atom is -0.274 e. The molecule has 2 aromatic rings. The number of nitrogens with zero attached hydrogens (tertiary/aromatic N) is 5. The summed E-state index contributed by atoms with van der Waals surface area (Å²) in [7, 11) is 0. The van der Waals surface area contributed by atoms with Gasteiger partial charge in [0.25, 0.3) is 0 Å². The number of aromatic nitrogens is 5. The van der Waals surface area contributed by atoms with Gasteiger partial charge in [0.15, 0.2) is 5.01 Å².